The number of carbonyl (C=O) groups is 2. The summed E-state index contributed by atoms with van der Waals surface area (Å²) in [4.78, 5) is 22.4. The van der Waals surface area contributed by atoms with Gasteiger partial charge in [-0.05, 0) is 13.8 Å². The molecule has 0 unspecified atom stereocenters. The number of aliphatic hydroxyl groups excluding tert-OH is 2. The van der Waals surface area contributed by atoms with E-state index in [0.717, 1.165) is 0 Å². The minimum absolute atomic E-state index is 0. The fraction of sp³-hybridized carbons (Fsp3) is 0.100. The second-order valence-electron chi connectivity index (χ2n) is 5.03. The number of carbonyl (C=O) groups excluding carboxylic acids is 2. The third kappa shape index (κ3) is 9.29. The summed E-state index contributed by atoms with van der Waals surface area (Å²) in [6.45, 7) is 2.95. The van der Waals surface area contributed by atoms with Crippen LogP contribution in [0.15, 0.2) is 84.3 Å². The topological polar surface area (TPSA) is 74.6 Å². The summed E-state index contributed by atoms with van der Waals surface area (Å²) >= 11 is 0. The van der Waals surface area contributed by atoms with Gasteiger partial charge in [-0.3, -0.25) is 9.59 Å². The minimum atomic E-state index is -0.171. The maximum atomic E-state index is 11.2. The summed E-state index contributed by atoms with van der Waals surface area (Å²) in [6, 6.07) is 17.7. The summed E-state index contributed by atoms with van der Waals surface area (Å²) in [5.74, 6) is -0.279. The predicted octanol–water partition coefficient (Wildman–Crippen LogP) is 4.66. The SMILES string of the molecule is C/C(O)=C/C(=O)c1ccccc1.C/C(O)=C/C(=O)c1ccccc1.[Co]. The summed E-state index contributed by atoms with van der Waals surface area (Å²) in [6.07, 6.45) is 2.41. The Labute approximate surface area is 157 Å². The smallest absolute Gasteiger partial charge is 0.189 e. The molecule has 2 aromatic carbocycles. The zero-order valence-electron chi connectivity index (χ0n) is 14.0. The second-order valence-corrected chi connectivity index (χ2v) is 5.03. The molecule has 0 bridgehead atoms. The van der Waals surface area contributed by atoms with Crippen molar-refractivity contribution >= 4 is 11.6 Å². The van der Waals surface area contributed by atoms with Gasteiger partial charge in [0, 0.05) is 40.1 Å². The van der Waals surface area contributed by atoms with Crippen molar-refractivity contribution in [3.8, 4) is 0 Å². The fourth-order valence-electron chi connectivity index (χ4n) is 1.75. The Morgan fingerprint density at radius 3 is 1.20 bits per heavy atom. The largest absolute Gasteiger partial charge is 0.512 e. The molecule has 4 nitrogen and oxygen atoms in total. The van der Waals surface area contributed by atoms with Gasteiger partial charge in [0.15, 0.2) is 11.6 Å². The molecule has 0 aliphatic heterocycles. The van der Waals surface area contributed by atoms with Crippen LogP contribution in [-0.2, 0) is 16.8 Å². The molecule has 0 saturated heterocycles. The van der Waals surface area contributed by atoms with E-state index in [9.17, 15) is 9.59 Å². The van der Waals surface area contributed by atoms with Crippen molar-refractivity contribution in [2.24, 2.45) is 0 Å². The van der Waals surface area contributed by atoms with Crippen LogP contribution in [0.25, 0.3) is 0 Å². The molecule has 0 aliphatic rings. The molecule has 0 aromatic heterocycles. The Balaban J connectivity index is 0.000000443. The van der Waals surface area contributed by atoms with E-state index >= 15 is 0 Å². The first-order valence-corrected chi connectivity index (χ1v) is 7.33. The molecule has 2 aromatic rings. The molecule has 0 aliphatic carbocycles. The van der Waals surface area contributed by atoms with E-state index in [-0.39, 0.29) is 39.9 Å². The summed E-state index contributed by atoms with van der Waals surface area (Å²) in [5, 5.41) is 17.6. The number of benzene rings is 2. The van der Waals surface area contributed by atoms with Crippen molar-refractivity contribution in [3.63, 3.8) is 0 Å². The van der Waals surface area contributed by atoms with Gasteiger partial charge in [-0.25, -0.2) is 0 Å². The van der Waals surface area contributed by atoms with Crippen LogP contribution in [0.1, 0.15) is 34.6 Å². The normalized spacial score (nSPS) is 10.8. The molecule has 0 amide bonds. The number of hydrogen-bond donors (Lipinski definition) is 2. The van der Waals surface area contributed by atoms with Crippen LogP contribution in [0.4, 0.5) is 0 Å². The molecule has 5 heteroatoms. The average molecular weight is 383 g/mol. The molecule has 1 radical (unpaired) electrons. The molecule has 0 spiro atoms. The zero-order chi connectivity index (χ0) is 17.9. The Kier molecular flexibility index (Phi) is 10.6. The molecule has 0 atom stereocenters. The van der Waals surface area contributed by atoms with E-state index in [2.05, 4.69) is 0 Å². The number of aliphatic hydroxyl groups is 2. The van der Waals surface area contributed by atoms with E-state index in [1.54, 1.807) is 48.5 Å². The van der Waals surface area contributed by atoms with Gasteiger partial charge in [0.25, 0.3) is 0 Å². The predicted molar refractivity (Wildman–Crippen MR) is 94.3 cm³/mol. The molecule has 0 saturated carbocycles. The Bertz CT molecular complexity index is 661. The fourth-order valence-corrected chi connectivity index (χ4v) is 1.75. The van der Waals surface area contributed by atoms with Gasteiger partial charge in [0.2, 0.25) is 0 Å². The van der Waals surface area contributed by atoms with Crippen molar-refractivity contribution in [1.82, 2.24) is 0 Å². The van der Waals surface area contributed by atoms with Gasteiger partial charge in [-0.1, -0.05) is 60.7 Å². The number of allylic oxidation sites excluding steroid dienone is 4. The molecule has 133 valence electrons. The van der Waals surface area contributed by atoms with E-state index in [4.69, 9.17) is 10.2 Å². The molecule has 2 rings (SSSR count). The summed E-state index contributed by atoms with van der Waals surface area (Å²) in [7, 11) is 0. The maximum absolute atomic E-state index is 11.2. The van der Waals surface area contributed by atoms with Crippen molar-refractivity contribution in [2.45, 2.75) is 13.8 Å². The van der Waals surface area contributed by atoms with Gasteiger partial charge in [0.05, 0.1) is 11.5 Å². The molecule has 0 fully saturated rings. The first kappa shape index (κ1) is 22.4. The van der Waals surface area contributed by atoms with Gasteiger partial charge in [0.1, 0.15) is 0 Å². The minimum Gasteiger partial charge on any atom is -0.512 e. The van der Waals surface area contributed by atoms with E-state index < -0.39 is 0 Å². The Morgan fingerprint density at radius 1 is 0.680 bits per heavy atom. The van der Waals surface area contributed by atoms with Crippen LogP contribution >= 0.6 is 0 Å². The number of ketones is 2. The van der Waals surface area contributed by atoms with Crippen molar-refractivity contribution in [3.05, 3.63) is 95.5 Å². The van der Waals surface area contributed by atoms with Crippen molar-refractivity contribution in [1.29, 1.82) is 0 Å². The van der Waals surface area contributed by atoms with Crippen LogP contribution in [0.2, 0.25) is 0 Å². The van der Waals surface area contributed by atoms with Crippen LogP contribution < -0.4 is 0 Å². The Hall–Kier alpha value is -2.63. The van der Waals surface area contributed by atoms with Gasteiger partial charge >= 0.3 is 0 Å². The quantitative estimate of drug-likeness (QED) is 0.458. The van der Waals surface area contributed by atoms with Gasteiger partial charge < -0.3 is 10.2 Å². The molecular formula is C20H20CoO4. The first-order chi connectivity index (χ1) is 11.4. The molecular weight excluding hydrogens is 363 g/mol. The van der Waals surface area contributed by atoms with Crippen molar-refractivity contribution in [2.75, 3.05) is 0 Å². The standard InChI is InChI=1S/2C10H10O2.Co/c2*1-8(11)7-10(12)9-5-3-2-4-6-9;/h2*2-7,11H,1H3;/b2*8-7-;. The number of rotatable bonds is 4. The second kappa shape index (κ2) is 11.8. The molecule has 0 heterocycles. The van der Waals surface area contributed by atoms with Crippen LogP contribution in [0.5, 0.6) is 0 Å². The maximum Gasteiger partial charge on any atom is 0.189 e. The molecule has 2 N–H and O–H groups in total. The third-order valence-electron chi connectivity index (χ3n) is 2.80. The van der Waals surface area contributed by atoms with Crippen LogP contribution in [-0.4, -0.2) is 21.8 Å². The zero-order valence-corrected chi connectivity index (χ0v) is 15.0. The monoisotopic (exact) mass is 383 g/mol. The number of hydrogen-bond acceptors (Lipinski definition) is 4. The average Bonchev–Trinajstić information content (AvgIpc) is 2.56. The first-order valence-electron chi connectivity index (χ1n) is 7.33. The summed E-state index contributed by atoms with van der Waals surface area (Å²) in [5.41, 5.74) is 1.18. The van der Waals surface area contributed by atoms with E-state index in [1.807, 2.05) is 12.1 Å². The van der Waals surface area contributed by atoms with Crippen LogP contribution in [0, 0.1) is 0 Å². The van der Waals surface area contributed by atoms with Crippen LogP contribution in [0.3, 0.4) is 0 Å². The Morgan fingerprint density at radius 2 is 0.960 bits per heavy atom. The van der Waals surface area contributed by atoms with Gasteiger partial charge in [-0.2, -0.15) is 0 Å². The third-order valence-corrected chi connectivity index (χ3v) is 2.80. The molecule has 25 heavy (non-hydrogen) atoms. The van der Waals surface area contributed by atoms with Crippen molar-refractivity contribution < 1.29 is 36.6 Å². The summed E-state index contributed by atoms with van der Waals surface area (Å²) < 4.78 is 0. The van der Waals surface area contributed by atoms with Gasteiger partial charge in [-0.15, -0.1) is 0 Å². The van der Waals surface area contributed by atoms with E-state index in [1.165, 1.54) is 26.0 Å². The van der Waals surface area contributed by atoms with E-state index in [0.29, 0.717) is 11.1 Å².